The summed E-state index contributed by atoms with van der Waals surface area (Å²) in [4.78, 5) is 0. The lowest BCUT2D eigenvalue weighted by Crippen LogP contribution is -2.15. The highest BCUT2D eigenvalue weighted by molar-refractivity contribution is 6.37. The van der Waals surface area contributed by atoms with Crippen molar-refractivity contribution in [3.05, 3.63) is 40.6 Å². The molecular weight excluding hydrogens is 283 g/mol. The molecule has 0 aliphatic heterocycles. The minimum absolute atomic E-state index is 0.161. The van der Waals surface area contributed by atoms with Crippen LogP contribution in [-0.2, 0) is 4.74 Å². The maximum Gasteiger partial charge on any atom is 0.164 e. The molecule has 1 aromatic carbocycles. The first kappa shape index (κ1) is 16.4. The third-order valence-corrected chi connectivity index (χ3v) is 2.82. The smallest absolute Gasteiger partial charge is 0.164 e. The Morgan fingerprint density at radius 2 is 1.79 bits per heavy atom. The van der Waals surface area contributed by atoms with E-state index in [0.29, 0.717) is 41.2 Å². The molecule has 0 saturated heterocycles. The maximum absolute atomic E-state index is 6.01. The van der Waals surface area contributed by atoms with E-state index in [1.165, 1.54) is 0 Å². The molecule has 0 aliphatic carbocycles. The van der Waals surface area contributed by atoms with E-state index in [1.54, 1.807) is 18.2 Å². The van der Waals surface area contributed by atoms with Crippen molar-refractivity contribution in [2.75, 3.05) is 13.2 Å². The molecule has 19 heavy (non-hydrogen) atoms. The van der Waals surface area contributed by atoms with Gasteiger partial charge in [-0.3, -0.25) is 0 Å². The molecule has 0 fully saturated rings. The summed E-state index contributed by atoms with van der Waals surface area (Å²) in [6, 6.07) is 5.23. The Kier molecular flexibility index (Phi) is 6.18. The van der Waals surface area contributed by atoms with Gasteiger partial charge in [0.05, 0.1) is 29.0 Å². The van der Waals surface area contributed by atoms with E-state index in [1.807, 2.05) is 0 Å². The highest BCUT2D eigenvalue weighted by atomic mass is 35.5. The predicted octanol–water partition coefficient (Wildman–Crippen LogP) is 5.34. The normalized spacial score (nSPS) is 11.4. The number of halogens is 2. The fourth-order valence-electron chi connectivity index (χ4n) is 1.34. The third kappa shape index (κ3) is 6.33. The zero-order valence-corrected chi connectivity index (χ0v) is 13.1. The van der Waals surface area contributed by atoms with E-state index in [0.717, 1.165) is 0 Å². The second-order valence-electron chi connectivity index (χ2n) is 5.55. The number of hydrogen-bond donors (Lipinski definition) is 0. The topological polar surface area (TPSA) is 18.5 Å². The summed E-state index contributed by atoms with van der Waals surface area (Å²) >= 11 is 12.0. The van der Waals surface area contributed by atoms with Crippen molar-refractivity contribution in [1.29, 1.82) is 0 Å². The van der Waals surface area contributed by atoms with Crippen LogP contribution in [0.25, 0.3) is 0 Å². The molecule has 0 atom stereocenters. The molecular formula is C15H20Cl2O2. The molecule has 1 rings (SSSR count). The first-order valence-electron chi connectivity index (χ1n) is 6.17. The highest BCUT2D eigenvalue weighted by Gasteiger charge is 2.11. The first-order chi connectivity index (χ1) is 8.79. The van der Waals surface area contributed by atoms with E-state index < -0.39 is 0 Å². The SMILES string of the molecule is C=C(CCOCC(C)(C)C)Oc1c(Cl)cccc1Cl. The van der Waals surface area contributed by atoms with Crippen LogP contribution in [0.5, 0.6) is 5.75 Å². The highest BCUT2D eigenvalue weighted by Crippen LogP contribution is 2.33. The monoisotopic (exact) mass is 302 g/mol. The molecule has 0 spiro atoms. The summed E-state index contributed by atoms with van der Waals surface area (Å²) in [6.07, 6.45) is 0.609. The van der Waals surface area contributed by atoms with Gasteiger partial charge >= 0.3 is 0 Å². The minimum atomic E-state index is 0.161. The maximum atomic E-state index is 6.01. The van der Waals surface area contributed by atoms with Crippen molar-refractivity contribution in [1.82, 2.24) is 0 Å². The van der Waals surface area contributed by atoms with Crippen molar-refractivity contribution in [2.45, 2.75) is 27.2 Å². The lowest BCUT2D eigenvalue weighted by atomic mass is 9.99. The van der Waals surface area contributed by atoms with Crippen molar-refractivity contribution >= 4 is 23.2 Å². The molecule has 1 aromatic rings. The Balaban J connectivity index is 2.40. The summed E-state index contributed by atoms with van der Waals surface area (Å²) in [5, 5.41) is 0.952. The molecule has 106 valence electrons. The third-order valence-electron chi connectivity index (χ3n) is 2.23. The predicted molar refractivity (Wildman–Crippen MR) is 81.1 cm³/mol. The van der Waals surface area contributed by atoms with Gasteiger partial charge in [0.2, 0.25) is 0 Å². The van der Waals surface area contributed by atoms with Gasteiger partial charge in [-0.05, 0) is 17.5 Å². The zero-order chi connectivity index (χ0) is 14.5. The number of benzene rings is 1. The van der Waals surface area contributed by atoms with Gasteiger partial charge < -0.3 is 9.47 Å². The first-order valence-corrected chi connectivity index (χ1v) is 6.92. The molecule has 0 amide bonds. The molecule has 0 aliphatic rings. The number of rotatable bonds is 6. The van der Waals surface area contributed by atoms with Crippen LogP contribution < -0.4 is 4.74 Å². The average Bonchev–Trinajstić information content (AvgIpc) is 2.28. The van der Waals surface area contributed by atoms with E-state index in [-0.39, 0.29) is 5.41 Å². The van der Waals surface area contributed by atoms with Gasteiger partial charge in [0.1, 0.15) is 0 Å². The molecule has 2 nitrogen and oxygen atoms in total. The van der Waals surface area contributed by atoms with Crippen molar-refractivity contribution in [2.24, 2.45) is 5.41 Å². The Bertz CT molecular complexity index is 416. The van der Waals surface area contributed by atoms with Crippen molar-refractivity contribution in [3.63, 3.8) is 0 Å². The second-order valence-corrected chi connectivity index (χ2v) is 6.37. The van der Waals surface area contributed by atoms with Crippen molar-refractivity contribution < 1.29 is 9.47 Å². The van der Waals surface area contributed by atoms with Gasteiger partial charge in [-0.1, -0.05) is 56.6 Å². The summed E-state index contributed by atoms with van der Waals surface area (Å²) in [5.74, 6) is 1.04. The Labute approximate surface area is 125 Å². The standard InChI is InChI=1S/C15H20Cl2O2/c1-11(8-9-18-10-15(2,3)4)19-14-12(16)6-5-7-13(14)17/h5-7H,1,8-10H2,2-4H3. The van der Waals surface area contributed by atoms with Gasteiger partial charge in [0.15, 0.2) is 5.75 Å². The van der Waals surface area contributed by atoms with Gasteiger partial charge in [-0.25, -0.2) is 0 Å². The minimum Gasteiger partial charge on any atom is -0.459 e. The zero-order valence-electron chi connectivity index (χ0n) is 11.6. The van der Waals surface area contributed by atoms with Crippen LogP contribution in [0, 0.1) is 5.41 Å². The van der Waals surface area contributed by atoms with Gasteiger partial charge in [0, 0.05) is 6.42 Å². The Morgan fingerprint density at radius 3 is 2.32 bits per heavy atom. The number of ether oxygens (including phenoxy) is 2. The van der Waals surface area contributed by atoms with Crippen LogP contribution in [0.4, 0.5) is 0 Å². The largest absolute Gasteiger partial charge is 0.459 e. The lowest BCUT2D eigenvalue weighted by Gasteiger charge is -2.18. The summed E-state index contributed by atoms with van der Waals surface area (Å²) in [5.41, 5.74) is 0.161. The molecule has 0 bridgehead atoms. The molecule has 0 aromatic heterocycles. The van der Waals surface area contributed by atoms with Crippen molar-refractivity contribution in [3.8, 4) is 5.75 Å². The quantitative estimate of drug-likeness (QED) is 0.522. The molecule has 4 heteroatoms. The van der Waals surface area contributed by atoms with Crippen LogP contribution in [0.3, 0.4) is 0 Å². The van der Waals surface area contributed by atoms with E-state index in [2.05, 4.69) is 27.4 Å². The van der Waals surface area contributed by atoms with E-state index in [4.69, 9.17) is 32.7 Å². The Hall–Kier alpha value is -0.700. The van der Waals surface area contributed by atoms with Gasteiger partial charge in [-0.15, -0.1) is 0 Å². The fourth-order valence-corrected chi connectivity index (χ4v) is 1.81. The van der Waals surface area contributed by atoms with E-state index in [9.17, 15) is 0 Å². The molecule has 0 radical (unpaired) electrons. The number of hydrogen-bond acceptors (Lipinski definition) is 2. The molecule has 0 N–H and O–H groups in total. The van der Waals surface area contributed by atoms with Crippen LogP contribution >= 0.6 is 23.2 Å². The van der Waals surface area contributed by atoms with Crippen LogP contribution in [0.15, 0.2) is 30.5 Å². The summed E-state index contributed by atoms with van der Waals surface area (Å²) in [6.45, 7) is 11.5. The molecule has 0 unspecified atom stereocenters. The Morgan fingerprint density at radius 1 is 1.21 bits per heavy atom. The lowest BCUT2D eigenvalue weighted by molar-refractivity contribution is 0.0698. The molecule has 0 saturated carbocycles. The van der Waals surface area contributed by atoms with Gasteiger partial charge in [-0.2, -0.15) is 0 Å². The second kappa shape index (κ2) is 7.18. The van der Waals surface area contributed by atoms with Crippen LogP contribution in [0.1, 0.15) is 27.2 Å². The fraction of sp³-hybridized carbons (Fsp3) is 0.467. The van der Waals surface area contributed by atoms with Crippen LogP contribution in [-0.4, -0.2) is 13.2 Å². The summed E-state index contributed by atoms with van der Waals surface area (Å²) < 4.78 is 11.1. The average molecular weight is 303 g/mol. The summed E-state index contributed by atoms with van der Waals surface area (Å²) in [7, 11) is 0. The molecule has 0 heterocycles. The van der Waals surface area contributed by atoms with Gasteiger partial charge in [0.25, 0.3) is 0 Å². The number of para-hydroxylation sites is 1. The van der Waals surface area contributed by atoms with E-state index >= 15 is 0 Å². The van der Waals surface area contributed by atoms with Crippen LogP contribution in [0.2, 0.25) is 10.0 Å².